The second-order valence-electron chi connectivity index (χ2n) is 7.16. The van der Waals surface area contributed by atoms with Crippen LogP contribution in [0, 0.1) is 0 Å². The minimum atomic E-state index is -0.958. The van der Waals surface area contributed by atoms with E-state index in [4.69, 9.17) is 20.9 Å². The van der Waals surface area contributed by atoms with Gasteiger partial charge in [-0.1, -0.05) is 29.7 Å². The summed E-state index contributed by atoms with van der Waals surface area (Å²) in [6.45, 7) is 3.26. The molecule has 1 amide bonds. The third-order valence-corrected chi connectivity index (χ3v) is 5.19. The summed E-state index contributed by atoms with van der Waals surface area (Å²) in [5, 5.41) is 15.3. The predicted octanol–water partition coefficient (Wildman–Crippen LogP) is 3.04. The van der Waals surface area contributed by atoms with Crippen molar-refractivity contribution in [1.82, 2.24) is 15.0 Å². The van der Waals surface area contributed by atoms with Crippen molar-refractivity contribution in [2.45, 2.75) is 51.0 Å². The molecule has 8 heteroatoms. The van der Waals surface area contributed by atoms with Gasteiger partial charge in [-0.25, -0.2) is 0 Å². The number of likely N-dealkylation sites (tertiary alicyclic amines) is 1. The zero-order chi connectivity index (χ0) is 20.0. The Bertz CT molecular complexity index is 797. The summed E-state index contributed by atoms with van der Waals surface area (Å²) in [7, 11) is 0. The fourth-order valence-corrected chi connectivity index (χ4v) is 3.43. The molecule has 7 nitrogen and oxygen atoms in total. The second-order valence-corrected chi connectivity index (χ2v) is 7.60. The van der Waals surface area contributed by atoms with Gasteiger partial charge in [0.1, 0.15) is 18.0 Å². The molecule has 28 heavy (non-hydrogen) atoms. The Kier molecular flexibility index (Phi) is 6.91. The molecule has 0 aliphatic carbocycles. The topological polar surface area (TPSA) is 88.7 Å². The number of amides is 1. The number of nitrogens with zero attached hydrogens (tertiary/aromatic N) is 3. The third kappa shape index (κ3) is 5.69. The quantitative estimate of drug-likeness (QED) is 0.758. The molecular formula is C20H26ClN3O4. The number of rotatable bonds is 7. The van der Waals surface area contributed by atoms with Crippen LogP contribution in [0.15, 0.2) is 28.8 Å². The summed E-state index contributed by atoms with van der Waals surface area (Å²) in [6, 6.07) is 7.11. The van der Waals surface area contributed by atoms with Gasteiger partial charge >= 0.3 is 0 Å². The summed E-state index contributed by atoms with van der Waals surface area (Å²) >= 11 is 5.96. The zero-order valence-electron chi connectivity index (χ0n) is 16.1. The van der Waals surface area contributed by atoms with Gasteiger partial charge in [0.05, 0.1) is 0 Å². The van der Waals surface area contributed by atoms with E-state index in [2.05, 4.69) is 10.1 Å². The zero-order valence-corrected chi connectivity index (χ0v) is 16.8. The molecule has 2 heterocycles. The second kappa shape index (κ2) is 9.39. The maximum absolute atomic E-state index is 12.5. The molecule has 0 radical (unpaired) electrons. The van der Waals surface area contributed by atoms with Crippen molar-refractivity contribution in [2.75, 3.05) is 19.7 Å². The molecule has 1 aromatic heterocycles. The molecule has 0 bridgehead atoms. The van der Waals surface area contributed by atoms with Crippen LogP contribution in [0.5, 0.6) is 5.75 Å². The predicted molar refractivity (Wildman–Crippen MR) is 104 cm³/mol. The first-order valence-electron chi connectivity index (χ1n) is 9.67. The Hall–Kier alpha value is -2.12. The number of aromatic nitrogens is 2. The fraction of sp³-hybridized carbons (Fsp3) is 0.550. The number of aliphatic hydroxyl groups is 1. The number of carbonyl (C=O) groups excluding carboxylic acids is 1. The van der Waals surface area contributed by atoms with Gasteiger partial charge in [-0.3, -0.25) is 4.79 Å². The first-order chi connectivity index (χ1) is 13.5. The van der Waals surface area contributed by atoms with Gasteiger partial charge in [-0.15, -0.1) is 0 Å². The highest BCUT2D eigenvalue weighted by Gasteiger charge is 2.32. The molecule has 1 unspecified atom stereocenters. The number of benzene rings is 1. The van der Waals surface area contributed by atoms with Crippen molar-refractivity contribution >= 4 is 17.5 Å². The maximum atomic E-state index is 12.5. The number of aryl methyl sites for hydroxylation is 2. The fourth-order valence-electron chi connectivity index (χ4n) is 3.25. The minimum absolute atomic E-state index is 0.0382. The van der Waals surface area contributed by atoms with Crippen LogP contribution in [0.4, 0.5) is 0 Å². The number of halogens is 1. The van der Waals surface area contributed by atoms with Gasteiger partial charge < -0.3 is 19.3 Å². The molecule has 1 saturated heterocycles. The minimum Gasteiger partial charge on any atom is -0.491 e. The van der Waals surface area contributed by atoms with E-state index in [1.54, 1.807) is 17.0 Å². The van der Waals surface area contributed by atoms with Crippen LogP contribution in [0.2, 0.25) is 5.02 Å². The summed E-state index contributed by atoms with van der Waals surface area (Å²) < 4.78 is 10.9. The number of ether oxygens (including phenoxy) is 1. The number of hydrogen-bond donors (Lipinski definition) is 1. The average molecular weight is 408 g/mol. The van der Waals surface area contributed by atoms with Crippen molar-refractivity contribution in [2.24, 2.45) is 0 Å². The van der Waals surface area contributed by atoms with E-state index in [0.717, 1.165) is 6.42 Å². The average Bonchev–Trinajstić information content (AvgIpc) is 3.06. The molecule has 152 valence electrons. The molecule has 1 N–H and O–H groups in total. The van der Waals surface area contributed by atoms with Gasteiger partial charge in [0, 0.05) is 37.4 Å². The van der Waals surface area contributed by atoms with Crippen molar-refractivity contribution in [3.63, 3.8) is 0 Å². The lowest BCUT2D eigenvalue weighted by Crippen LogP contribution is -2.38. The van der Waals surface area contributed by atoms with Gasteiger partial charge in [0.25, 0.3) is 0 Å². The monoisotopic (exact) mass is 407 g/mol. The van der Waals surface area contributed by atoms with Crippen molar-refractivity contribution in [3.05, 3.63) is 41.0 Å². The Morgan fingerprint density at radius 2 is 2.25 bits per heavy atom. The van der Waals surface area contributed by atoms with Gasteiger partial charge in [0.2, 0.25) is 11.8 Å². The lowest BCUT2D eigenvalue weighted by atomic mass is 9.96. The lowest BCUT2D eigenvalue weighted by Gasteiger charge is -2.27. The molecule has 0 spiro atoms. The van der Waals surface area contributed by atoms with Crippen LogP contribution >= 0.6 is 11.6 Å². The van der Waals surface area contributed by atoms with E-state index in [0.29, 0.717) is 67.7 Å². The van der Waals surface area contributed by atoms with Crippen LogP contribution in [0.3, 0.4) is 0 Å². The van der Waals surface area contributed by atoms with Gasteiger partial charge in [-0.05, 0) is 37.5 Å². The van der Waals surface area contributed by atoms with E-state index in [1.165, 1.54) is 0 Å². The lowest BCUT2D eigenvalue weighted by molar-refractivity contribution is -0.131. The van der Waals surface area contributed by atoms with Crippen LogP contribution in [-0.4, -0.2) is 51.4 Å². The molecule has 2 aromatic rings. The summed E-state index contributed by atoms with van der Waals surface area (Å²) in [5.41, 5.74) is -0.958. The normalized spacial score (nSPS) is 20.0. The molecule has 3 rings (SSSR count). The smallest absolute Gasteiger partial charge is 0.227 e. The Labute approximate surface area is 169 Å². The van der Waals surface area contributed by atoms with E-state index < -0.39 is 5.60 Å². The van der Waals surface area contributed by atoms with Crippen molar-refractivity contribution in [1.29, 1.82) is 0 Å². The highest BCUT2D eigenvalue weighted by molar-refractivity contribution is 6.30. The Morgan fingerprint density at radius 1 is 1.39 bits per heavy atom. The highest BCUT2D eigenvalue weighted by atomic mass is 35.5. The molecular weight excluding hydrogens is 382 g/mol. The Morgan fingerprint density at radius 3 is 3.00 bits per heavy atom. The van der Waals surface area contributed by atoms with Gasteiger partial charge in [0.15, 0.2) is 5.82 Å². The van der Waals surface area contributed by atoms with Crippen molar-refractivity contribution in [3.8, 4) is 5.75 Å². The van der Waals surface area contributed by atoms with E-state index in [1.807, 2.05) is 19.1 Å². The molecule has 0 saturated carbocycles. The van der Waals surface area contributed by atoms with Crippen LogP contribution in [0.25, 0.3) is 0 Å². The van der Waals surface area contributed by atoms with E-state index in [-0.39, 0.29) is 12.5 Å². The molecule has 1 aromatic carbocycles. The molecule has 1 atom stereocenters. The molecule has 1 aliphatic heterocycles. The van der Waals surface area contributed by atoms with Crippen molar-refractivity contribution < 1.29 is 19.2 Å². The molecule has 1 aliphatic rings. The number of carbonyl (C=O) groups is 1. The van der Waals surface area contributed by atoms with Crippen LogP contribution in [0.1, 0.15) is 44.3 Å². The Balaban J connectivity index is 1.48. The van der Waals surface area contributed by atoms with Crippen LogP contribution in [-0.2, 0) is 17.6 Å². The van der Waals surface area contributed by atoms with E-state index >= 15 is 0 Å². The number of hydrogen-bond acceptors (Lipinski definition) is 6. The first kappa shape index (κ1) is 20.6. The van der Waals surface area contributed by atoms with Crippen LogP contribution < -0.4 is 4.74 Å². The largest absolute Gasteiger partial charge is 0.491 e. The summed E-state index contributed by atoms with van der Waals surface area (Å²) in [4.78, 5) is 18.6. The highest BCUT2D eigenvalue weighted by Crippen LogP contribution is 2.25. The van der Waals surface area contributed by atoms with Gasteiger partial charge in [-0.2, -0.15) is 4.98 Å². The summed E-state index contributed by atoms with van der Waals surface area (Å²) in [5.74, 6) is 1.81. The summed E-state index contributed by atoms with van der Waals surface area (Å²) in [6.07, 6.45) is 3.25. The third-order valence-electron chi connectivity index (χ3n) is 4.95. The molecule has 1 fully saturated rings. The first-order valence-corrected chi connectivity index (χ1v) is 10.1. The SMILES string of the molecule is CCc1noc(CCC(=O)N2CCCC(O)(COc3cccc(Cl)c3)CC2)n1. The maximum Gasteiger partial charge on any atom is 0.227 e. The van der Waals surface area contributed by atoms with E-state index in [9.17, 15) is 9.90 Å². The standard InChI is InChI=1S/C20H26ClN3O4/c1-2-17-22-18(28-23-17)7-8-19(25)24-11-4-9-20(26,10-12-24)14-27-16-6-3-5-15(21)13-16/h3,5-6,13,26H,2,4,7-12,14H2,1H3.